The van der Waals surface area contributed by atoms with Crippen LogP contribution >= 0.6 is 0 Å². The summed E-state index contributed by atoms with van der Waals surface area (Å²) in [5, 5.41) is 0. The van der Waals surface area contributed by atoms with Crippen LogP contribution in [0, 0.1) is 0 Å². The van der Waals surface area contributed by atoms with Gasteiger partial charge >= 0.3 is 0 Å². The zero-order chi connectivity index (χ0) is 12.3. The van der Waals surface area contributed by atoms with Crippen molar-refractivity contribution in [2.75, 3.05) is 0 Å². The molecule has 0 radical (unpaired) electrons. The summed E-state index contributed by atoms with van der Waals surface area (Å²) in [6.45, 7) is 13.1. The Morgan fingerprint density at radius 3 is 2.19 bits per heavy atom. The minimum absolute atomic E-state index is 0.467. The van der Waals surface area contributed by atoms with Crippen molar-refractivity contribution in [1.82, 2.24) is 9.55 Å². The van der Waals surface area contributed by atoms with E-state index in [0.717, 1.165) is 6.42 Å². The van der Waals surface area contributed by atoms with Crippen LogP contribution in [0.2, 0.25) is 0 Å². The molecule has 16 heavy (non-hydrogen) atoms. The van der Waals surface area contributed by atoms with Crippen molar-refractivity contribution in [2.24, 2.45) is 0 Å². The first-order valence-electron chi connectivity index (χ1n) is 6.26. The first kappa shape index (κ1) is 13.0. The van der Waals surface area contributed by atoms with Crippen molar-refractivity contribution in [2.45, 2.75) is 59.8 Å². The van der Waals surface area contributed by atoms with Gasteiger partial charge in [-0.3, -0.25) is 0 Å². The summed E-state index contributed by atoms with van der Waals surface area (Å²) in [5.41, 5.74) is 2.61. The van der Waals surface area contributed by atoms with Gasteiger partial charge in [0.1, 0.15) is 5.82 Å². The van der Waals surface area contributed by atoms with Crippen LogP contribution in [-0.4, -0.2) is 9.55 Å². The number of allylic oxidation sites excluding steroid dienone is 1. The number of nitrogens with zero attached hydrogens (tertiary/aromatic N) is 2. The summed E-state index contributed by atoms with van der Waals surface area (Å²) in [6, 6.07) is 0. The Morgan fingerprint density at radius 1 is 1.19 bits per heavy atom. The molecule has 0 fully saturated rings. The van der Waals surface area contributed by atoms with E-state index in [2.05, 4.69) is 58.4 Å². The van der Waals surface area contributed by atoms with E-state index in [1.165, 1.54) is 17.2 Å². The van der Waals surface area contributed by atoms with E-state index < -0.39 is 0 Å². The van der Waals surface area contributed by atoms with Gasteiger partial charge in [-0.25, -0.2) is 4.98 Å². The van der Waals surface area contributed by atoms with Crippen LogP contribution in [0.25, 0.3) is 6.20 Å². The Labute approximate surface area is 99.4 Å². The number of imidazole rings is 1. The molecule has 1 aromatic rings. The number of aromatic nitrogens is 2. The maximum atomic E-state index is 4.81. The lowest BCUT2D eigenvalue weighted by Gasteiger charge is -2.08. The topological polar surface area (TPSA) is 17.8 Å². The zero-order valence-electron chi connectivity index (χ0n) is 11.4. The molecule has 0 aliphatic heterocycles. The van der Waals surface area contributed by atoms with E-state index in [1.54, 1.807) is 0 Å². The molecule has 0 bridgehead atoms. The van der Waals surface area contributed by atoms with E-state index in [1.807, 2.05) is 0 Å². The van der Waals surface area contributed by atoms with Gasteiger partial charge in [-0.05, 0) is 19.3 Å². The first-order valence-corrected chi connectivity index (χ1v) is 6.26. The molecule has 0 aliphatic rings. The molecule has 0 amide bonds. The maximum Gasteiger partial charge on any atom is 0.115 e. The predicted molar refractivity (Wildman–Crippen MR) is 70.8 cm³/mol. The van der Waals surface area contributed by atoms with E-state index >= 15 is 0 Å². The zero-order valence-corrected chi connectivity index (χ0v) is 11.4. The molecule has 0 unspecified atom stereocenters. The van der Waals surface area contributed by atoms with Gasteiger partial charge < -0.3 is 4.57 Å². The summed E-state index contributed by atoms with van der Waals surface area (Å²) >= 11 is 0. The summed E-state index contributed by atoms with van der Waals surface area (Å²) in [4.78, 5) is 4.81. The lowest BCUT2D eigenvalue weighted by Crippen LogP contribution is -2.02. The molecule has 0 saturated carbocycles. The van der Waals surface area contributed by atoms with Crippen molar-refractivity contribution in [3.8, 4) is 0 Å². The molecule has 1 rings (SSSR count). The average Bonchev–Trinajstić information content (AvgIpc) is 2.57. The van der Waals surface area contributed by atoms with Crippen molar-refractivity contribution in [3.63, 3.8) is 0 Å². The van der Waals surface area contributed by atoms with E-state index in [-0.39, 0.29) is 0 Å². The largest absolute Gasteiger partial charge is 0.307 e. The third-order valence-corrected chi connectivity index (χ3v) is 2.76. The van der Waals surface area contributed by atoms with Crippen molar-refractivity contribution < 1.29 is 0 Å². The second-order valence-corrected chi connectivity index (χ2v) is 4.82. The Kier molecular flexibility index (Phi) is 4.34. The van der Waals surface area contributed by atoms with Gasteiger partial charge in [-0.1, -0.05) is 40.7 Å². The van der Waals surface area contributed by atoms with Crippen LogP contribution in [0.4, 0.5) is 0 Å². The Bertz CT molecular complexity index is 370. The fourth-order valence-corrected chi connectivity index (χ4v) is 2.04. The monoisotopic (exact) mass is 220 g/mol. The van der Waals surface area contributed by atoms with Crippen molar-refractivity contribution >= 4 is 6.20 Å². The van der Waals surface area contributed by atoms with Crippen LogP contribution in [0.3, 0.4) is 0 Å². The molecular formula is C14H24N2. The van der Waals surface area contributed by atoms with Gasteiger partial charge in [-0.15, -0.1) is 0 Å². The highest BCUT2D eigenvalue weighted by atomic mass is 15.1. The highest BCUT2D eigenvalue weighted by Crippen LogP contribution is 2.25. The van der Waals surface area contributed by atoms with Crippen LogP contribution in [0.5, 0.6) is 0 Å². The fourth-order valence-electron chi connectivity index (χ4n) is 2.04. The highest BCUT2D eigenvalue weighted by molar-refractivity contribution is 5.34. The minimum Gasteiger partial charge on any atom is -0.307 e. The third kappa shape index (κ3) is 2.37. The molecule has 0 spiro atoms. The van der Waals surface area contributed by atoms with E-state index in [0.29, 0.717) is 11.8 Å². The quantitative estimate of drug-likeness (QED) is 0.744. The Balaban J connectivity index is 3.39. The van der Waals surface area contributed by atoms with Crippen LogP contribution in [-0.2, 0) is 6.42 Å². The molecule has 0 atom stereocenters. The van der Waals surface area contributed by atoms with Gasteiger partial charge in [0.05, 0.1) is 5.69 Å². The Morgan fingerprint density at radius 2 is 1.81 bits per heavy atom. The second-order valence-electron chi connectivity index (χ2n) is 4.82. The summed E-state index contributed by atoms with van der Waals surface area (Å²) in [7, 11) is 0. The van der Waals surface area contributed by atoms with Crippen molar-refractivity contribution in [3.05, 3.63) is 23.3 Å². The number of hydrogen-bond donors (Lipinski definition) is 0. The van der Waals surface area contributed by atoms with Crippen LogP contribution in [0.1, 0.15) is 70.6 Å². The summed E-state index contributed by atoms with van der Waals surface area (Å²) in [5.74, 6) is 2.15. The molecule has 0 aromatic carbocycles. The number of rotatable bonds is 4. The van der Waals surface area contributed by atoms with E-state index in [4.69, 9.17) is 4.98 Å². The first-order chi connectivity index (χ1) is 7.52. The van der Waals surface area contributed by atoms with Crippen LogP contribution < -0.4 is 0 Å². The molecule has 0 saturated heterocycles. The van der Waals surface area contributed by atoms with Gasteiger partial charge in [0.15, 0.2) is 0 Å². The highest BCUT2D eigenvalue weighted by Gasteiger charge is 2.18. The fraction of sp³-hybridized carbons (Fsp3) is 0.643. The SMILES string of the molecule is C/C=C\n1c(C(C)C)nc(C(C)C)c1CC. The van der Waals surface area contributed by atoms with Crippen LogP contribution in [0.15, 0.2) is 6.08 Å². The second kappa shape index (κ2) is 5.33. The predicted octanol–water partition coefficient (Wildman–Crippen LogP) is 4.18. The molecule has 1 aromatic heterocycles. The minimum atomic E-state index is 0.467. The molecule has 0 N–H and O–H groups in total. The van der Waals surface area contributed by atoms with Gasteiger partial charge in [0.25, 0.3) is 0 Å². The average molecular weight is 220 g/mol. The molecule has 2 heteroatoms. The Hall–Kier alpha value is -1.05. The summed E-state index contributed by atoms with van der Waals surface area (Å²) in [6.07, 6.45) is 5.25. The van der Waals surface area contributed by atoms with E-state index in [9.17, 15) is 0 Å². The molecular weight excluding hydrogens is 196 g/mol. The maximum absolute atomic E-state index is 4.81. The lowest BCUT2D eigenvalue weighted by molar-refractivity contribution is 0.750. The summed E-state index contributed by atoms with van der Waals surface area (Å²) < 4.78 is 2.26. The van der Waals surface area contributed by atoms with Gasteiger partial charge in [-0.2, -0.15) is 0 Å². The lowest BCUT2D eigenvalue weighted by atomic mass is 10.1. The molecule has 0 aliphatic carbocycles. The molecule has 1 heterocycles. The molecule has 2 nitrogen and oxygen atoms in total. The normalized spacial score (nSPS) is 12.2. The molecule has 90 valence electrons. The third-order valence-electron chi connectivity index (χ3n) is 2.76. The van der Waals surface area contributed by atoms with Gasteiger partial charge in [0.2, 0.25) is 0 Å². The van der Waals surface area contributed by atoms with Crippen molar-refractivity contribution in [1.29, 1.82) is 0 Å². The standard InChI is InChI=1S/C14H24N2/c1-7-9-16-12(8-2)13(10(3)4)15-14(16)11(5)6/h7,9-11H,8H2,1-6H3/b9-7-. The smallest absolute Gasteiger partial charge is 0.115 e. The number of hydrogen-bond acceptors (Lipinski definition) is 1. The van der Waals surface area contributed by atoms with Gasteiger partial charge in [0, 0.05) is 17.8 Å².